The number of nitrogens with two attached hydrogens (primary N) is 2. The Morgan fingerprint density at radius 1 is 1.16 bits per heavy atom. The Morgan fingerprint density at radius 3 is 2.45 bits per heavy atom. The fraction of sp³-hybridized carbons (Fsp3) is 0.280. The topological polar surface area (TPSA) is 105 Å². The summed E-state index contributed by atoms with van der Waals surface area (Å²) in [5, 5.41) is 3.16. The lowest BCUT2D eigenvalue weighted by atomic mass is 9.97. The van der Waals surface area contributed by atoms with E-state index in [2.05, 4.69) is 90.2 Å². The highest BCUT2D eigenvalue weighted by Gasteiger charge is 2.14. The quantitative estimate of drug-likeness (QED) is 0.309. The van der Waals surface area contributed by atoms with Crippen LogP contribution in [-0.4, -0.2) is 29.8 Å². The van der Waals surface area contributed by atoms with Crippen molar-refractivity contribution >= 4 is 12.4 Å². The number of aliphatic imine (C=N–C) groups is 1. The number of aromatic amines is 1. The molecule has 31 heavy (non-hydrogen) atoms. The zero-order valence-electron chi connectivity index (χ0n) is 18.5. The summed E-state index contributed by atoms with van der Waals surface area (Å²) < 4.78 is 0. The van der Waals surface area contributed by atoms with Gasteiger partial charge in [0.1, 0.15) is 5.82 Å². The van der Waals surface area contributed by atoms with Crippen LogP contribution >= 0.6 is 0 Å². The number of hydrogen-bond acceptors (Lipinski definition) is 5. The minimum absolute atomic E-state index is 0.0935. The third-order valence-electron chi connectivity index (χ3n) is 5.36. The van der Waals surface area contributed by atoms with Crippen molar-refractivity contribution in [1.29, 1.82) is 0 Å². The predicted octanol–water partition coefficient (Wildman–Crippen LogP) is 4.26. The van der Waals surface area contributed by atoms with Gasteiger partial charge in [-0.25, -0.2) is 4.98 Å². The van der Waals surface area contributed by atoms with Crippen LogP contribution in [0.2, 0.25) is 0 Å². The second-order valence-electron chi connectivity index (χ2n) is 7.99. The van der Waals surface area contributed by atoms with Crippen molar-refractivity contribution in [2.24, 2.45) is 22.4 Å². The van der Waals surface area contributed by atoms with Crippen molar-refractivity contribution in [1.82, 2.24) is 15.3 Å². The van der Waals surface area contributed by atoms with Crippen molar-refractivity contribution in [3.05, 3.63) is 71.8 Å². The predicted molar refractivity (Wildman–Crippen MR) is 131 cm³/mol. The summed E-state index contributed by atoms with van der Waals surface area (Å²) in [5.41, 5.74) is 19.1. The molecular weight excluding hydrogens is 384 g/mol. The molecule has 0 spiro atoms. The van der Waals surface area contributed by atoms with Gasteiger partial charge in [0.25, 0.3) is 0 Å². The van der Waals surface area contributed by atoms with Crippen molar-refractivity contribution in [2.75, 3.05) is 13.1 Å². The summed E-state index contributed by atoms with van der Waals surface area (Å²) in [4.78, 5) is 12.0. The van der Waals surface area contributed by atoms with E-state index in [1.165, 1.54) is 0 Å². The van der Waals surface area contributed by atoms with Gasteiger partial charge in [0.2, 0.25) is 0 Å². The average molecular weight is 417 g/mol. The Labute approximate surface area is 184 Å². The van der Waals surface area contributed by atoms with E-state index in [0.29, 0.717) is 19.0 Å². The number of hydrogen-bond donors (Lipinski definition) is 4. The van der Waals surface area contributed by atoms with E-state index in [-0.39, 0.29) is 6.04 Å². The van der Waals surface area contributed by atoms with Gasteiger partial charge in [-0.1, -0.05) is 56.3 Å². The van der Waals surface area contributed by atoms with Crippen LogP contribution in [-0.2, 0) is 0 Å². The molecule has 0 radical (unpaired) electrons. The van der Waals surface area contributed by atoms with Crippen LogP contribution in [0.5, 0.6) is 0 Å². The van der Waals surface area contributed by atoms with Crippen LogP contribution in [0.25, 0.3) is 28.1 Å². The van der Waals surface area contributed by atoms with Crippen LogP contribution in [0, 0.1) is 12.8 Å². The summed E-state index contributed by atoms with van der Waals surface area (Å²) in [7, 11) is 0. The van der Waals surface area contributed by atoms with Crippen LogP contribution < -0.4 is 16.8 Å². The number of nitrogens with one attached hydrogen (secondary N) is 2. The van der Waals surface area contributed by atoms with Crippen LogP contribution in [0.1, 0.15) is 36.8 Å². The monoisotopic (exact) mass is 416 g/mol. The van der Waals surface area contributed by atoms with E-state index in [9.17, 15) is 0 Å². The Bertz CT molecular complexity index is 1050. The molecule has 6 N–H and O–H groups in total. The summed E-state index contributed by atoms with van der Waals surface area (Å²) in [6, 6.07) is 14.7. The Kier molecular flexibility index (Phi) is 7.39. The molecule has 0 aliphatic rings. The van der Waals surface area contributed by atoms with E-state index in [1.54, 1.807) is 0 Å². The van der Waals surface area contributed by atoms with Gasteiger partial charge in [-0.05, 0) is 41.8 Å². The summed E-state index contributed by atoms with van der Waals surface area (Å²) >= 11 is 0. The molecule has 162 valence electrons. The molecule has 3 rings (SSSR count). The van der Waals surface area contributed by atoms with Gasteiger partial charge in [-0.3, -0.25) is 4.99 Å². The number of imidazole rings is 1. The second kappa shape index (κ2) is 10.2. The van der Waals surface area contributed by atoms with Gasteiger partial charge < -0.3 is 21.8 Å². The van der Waals surface area contributed by atoms with Crippen molar-refractivity contribution in [3.63, 3.8) is 0 Å². The maximum Gasteiger partial charge on any atom is 0.123 e. The molecule has 3 aromatic rings. The van der Waals surface area contributed by atoms with Gasteiger partial charge in [0, 0.05) is 24.9 Å². The number of rotatable bonds is 9. The standard InChI is InChI=1S/C25H32N6/c1-16(2)24(27)25-30-15-22(31-25)19-7-5-18(6-8-19)20-9-10-21(17(3)13-20)23(28-4)14-29-12-11-26/h5-10,13-16,24,29H,4,11-12,26-27H2,1-3H3,(H,30,31)/b23-14-. The maximum absolute atomic E-state index is 6.20. The zero-order valence-corrected chi connectivity index (χ0v) is 18.5. The lowest BCUT2D eigenvalue weighted by Gasteiger charge is -2.12. The minimum atomic E-state index is -0.0935. The van der Waals surface area contributed by atoms with E-state index >= 15 is 0 Å². The SMILES string of the molecule is C=N/C(=C\NCCN)c1ccc(-c2ccc(-c3cnc(C(N)C(C)C)[nH]3)cc2)cc1C. The smallest absolute Gasteiger partial charge is 0.123 e. The number of aryl methyl sites for hydroxylation is 1. The number of H-pyrrole nitrogens is 1. The van der Waals surface area contributed by atoms with E-state index in [1.807, 2.05) is 12.4 Å². The molecule has 0 aliphatic carbocycles. The Balaban J connectivity index is 1.81. The van der Waals surface area contributed by atoms with Gasteiger partial charge in [-0.2, -0.15) is 0 Å². The Morgan fingerprint density at radius 2 is 1.84 bits per heavy atom. The lowest BCUT2D eigenvalue weighted by molar-refractivity contribution is 0.494. The van der Waals surface area contributed by atoms with Crippen molar-refractivity contribution in [3.8, 4) is 22.4 Å². The normalized spacial score (nSPS) is 12.8. The molecular formula is C25H32N6. The maximum atomic E-state index is 6.20. The van der Waals surface area contributed by atoms with Crippen LogP contribution in [0.3, 0.4) is 0 Å². The fourth-order valence-electron chi connectivity index (χ4n) is 3.40. The molecule has 0 saturated carbocycles. The fourth-order valence-corrected chi connectivity index (χ4v) is 3.40. The van der Waals surface area contributed by atoms with E-state index < -0.39 is 0 Å². The minimum Gasteiger partial charge on any atom is -0.388 e. The molecule has 1 atom stereocenters. The Hall–Kier alpha value is -3.22. The molecule has 0 bridgehead atoms. The molecule has 6 heteroatoms. The first-order valence-electron chi connectivity index (χ1n) is 10.6. The molecule has 6 nitrogen and oxygen atoms in total. The van der Waals surface area contributed by atoms with E-state index in [0.717, 1.165) is 45.0 Å². The first kappa shape index (κ1) is 22.5. The van der Waals surface area contributed by atoms with Gasteiger partial charge in [-0.15, -0.1) is 0 Å². The van der Waals surface area contributed by atoms with Gasteiger partial charge in [0.05, 0.1) is 23.6 Å². The number of aromatic nitrogens is 2. The molecule has 2 aromatic carbocycles. The average Bonchev–Trinajstić information content (AvgIpc) is 3.27. The highest BCUT2D eigenvalue weighted by atomic mass is 15.0. The van der Waals surface area contributed by atoms with Crippen molar-refractivity contribution < 1.29 is 0 Å². The third kappa shape index (κ3) is 5.29. The van der Waals surface area contributed by atoms with Crippen molar-refractivity contribution in [2.45, 2.75) is 26.8 Å². The molecule has 1 heterocycles. The largest absolute Gasteiger partial charge is 0.388 e. The summed E-state index contributed by atoms with van der Waals surface area (Å²) in [6.07, 6.45) is 3.71. The first-order chi connectivity index (χ1) is 14.9. The molecule has 1 unspecified atom stereocenters. The molecule has 0 amide bonds. The number of nitrogens with zero attached hydrogens (tertiary/aromatic N) is 2. The van der Waals surface area contributed by atoms with Crippen LogP contribution in [0.4, 0.5) is 0 Å². The van der Waals surface area contributed by atoms with Gasteiger partial charge in [0.15, 0.2) is 0 Å². The first-order valence-corrected chi connectivity index (χ1v) is 10.6. The van der Waals surface area contributed by atoms with Gasteiger partial charge >= 0.3 is 0 Å². The summed E-state index contributed by atoms with van der Waals surface area (Å²) in [6.45, 7) is 11.2. The highest BCUT2D eigenvalue weighted by molar-refractivity contribution is 5.75. The third-order valence-corrected chi connectivity index (χ3v) is 5.36. The molecule has 0 aliphatic heterocycles. The molecule has 0 fully saturated rings. The zero-order chi connectivity index (χ0) is 22.4. The summed E-state index contributed by atoms with van der Waals surface area (Å²) in [5.74, 6) is 1.15. The second-order valence-corrected chi connectivity index (χ2v) is 7.99. The molecule has 1 aromatic heterocycles. The number of benzene rings is 2. The highest BCUT2D eigenvalue weighted by Crippen LogP contribution is 2.28. The lowest BCUT2D eigenvalue weighted by Crippen LogP contribution is -2.18. The molecule has 0 saturated heterocycles. The van der Waals surface area contributed by atoms with Crippen LogP contribution in [0.15, 0.2) is 59.9 Å². The van der Waals surface area contributed by atoms with E-state index in [4.69, 9.17) is 11.5 Å².